The van der Waals surface area contributed by atoms with Crippen molar-refractivity contribution in [2.75, 3.05) is 11.9 Å². The van der Waals surface area contributed by atoms with E-state index in [1.807, 2.05) is 6.92 Å². The largest absolute Gasteiger partial charge is 0.349 e. The van der Waals surface area contributed by atoms with E-state index < -0.39 is 11.4 Å². The van der Waals surface area contributed by atoms with E-state index in [-0.39, 0.29) is 6.29 Å². The molecule has 0 aromatic heterocycles. The molecule has 0 radical (unpaired) electrons. The molecule has 0 amide bonds. The lowest BCUT2D eigenvalue weighted by atomic mass is 9.58. The van der Waals surface area contributed by atoms with Crippen molar-refractivity contribution in [3.8, 4) is 0 Å². The van der Waals surface area contributed by atoms with Crippen molar-refractivity contribution in [1.82, 2.24) is 0 Å². The van der Waals surface area contributed by atoms with E-state index in [1.165, 1.54) is 12.8 Å². The van der Waals surface area contributed by atoms with Gasteiger partial charge in [-0.3, -0.25) is 0 Å². The number of hydrogen-bond acceptors (Lipinski definition) is 4. The molecule has 5 aliphatic rings. The highest BCUT2D eigenvalue weighted by Gasteiger charge is 2.68. The molecule has 0 aromatic rings. The number of hydrogen-bond donors (Lipinski definition) is 0. The van der Waals surface area contributed by atoms with Crippen LogP contribution in [0.1, 0.15) is 39.5 Å². The van der Waals surface area contributed by atoms with Crippen molar-refractivity contribution in [2.24, 2.45) is 23.7 Å². The highest BCUT2D eigenvalue weighted by atomic mass is 79.9. The Kier molecular flexibility index (Phi) is 3.25. The summed E-state index contributed by atoms with van der Waals surface area (Å²) in [7, 11) is 0. The normalized spacial score (nSPS) is 58.0. The number of halogens is 1. The lowest BCUT2D eigenvalue weighted by molar-refractivity contribution is -0.566. The standard InChI is InChI=1S/C15H23BrO4/c1-9-3-4-12-10(7-16)8-17-13-15(12)11(9)5-6-14(2,18-13)19-20-15/h9-13H,3-8H2,1-2H3/t9-,10+,11+,12+,13-,14-,15-/m1/s1. The molecule has 5 fully saturated rings. The first-order valence-corrected chi connectivity index (χ1v) is 8.93. The van der Waals surface area contributed by atoms with Crippen LogP contribution in [0.4, 0.5) is 0 Å². The van der Waals surface area contributed by atoms with E-state index in [9.17, 15) is 0 Å². The molecule has 1 aliphatic carbocycles. The Morgan fingerprint density at radius 1 is 1.15 bits per heavy atom. The number of rotatable bonds is 1. The topological polar surface area (TPSA) is 36.9 Å². The van der Waals surface area contributed by atoms with Gasteiger partial charge in [-0.25, -0.2) is 9.78 Å². The van der Waals surface area contributed by atoms with Crippen LogP contribution >= 0.6 is 15.9 Å². The summed E-state index contributed by atoms with van der Waals surface area (Å²) in [5.41, 5.74) is -0.398. The van der Waals surface area contributed by atoms with Gasteiger partial charge in [0.1, 0.15) is 0 Å². The lowest BCUT2D eigenvalue weighted by Crippen LogP contribution is -2.69. The summed E-state index contributed by atoms with van der Waals surface area (Å²) in [6.07, 6.45) is 4.17. The van der Waals surface area contributed by atoms with Crippen LogP contribution < -0.4 is 0 Å². The molecule has 2 bridgehead atoms. The zero-order valence-corrected chi connectivity index (χ0v) is 13.7. The van der Waals surface area contributed by atoms with E-state index in [1.54, 1.807) is 0 Å². The second-order valence-corrected chi connectivity index (χ2v) is 7.81. The molecular formula is C15H23BrO4. The summed E-state index contributed by atoms with van der Waals surface area (Å²) >= 11 is 3.65. The molecule has 114 valence electrons. The second kappa shape index (κ2) is 4.66. The van der Waals surface area contributed by atoms with Gasteiger partial charge < -0.3 is 9.47 Å². The van der Waals surface area contributed by atoms with Gasteiger partial charge in [0, 0.05) is 17.7 Å². The molecule has 1 saturated carbocycles. The van der Waals surface area contributed by atoms with Crippen LogP contribution in [0, 0.1) is 23.7 Å². The maximum atomic E-state index is 6.19. The summed E-state index contributed by atoms with van der Waals surface area (Å²) in [6, 6.07) is 0. The minimum absolute atomic E-state index is 0.267. The molecule has 4 saturated heterocycles. The van der Waals surface area contributed by atoms with Gasteiger partial charge in [0.25, 0.3) is 0 Å². The fourth-order valence-electron chi connectivity index (χ4n) is 4.88. The van der Waals surface area contributed by atoms with Gasteiger partial charge in [0.15, 0.2) is 11.9 Å². The van der Waals surface area contributed by atoms with Crippen LogP contribution in [0.5, 0.6) is 0 Å². The summed E-state index contributed by atoms with van der Waals surface area (Å²) in [5, 5.41) is 0.952. The zero-order valence-electron chi connectivity index (χ0n) is 12.1. The third kappa shape index (κ3) is 1.73. The van der Waals surface area contributed by atoms with Gasteiger partial charge in [-0.05, 0) is 43.9 Å². The SMILES string of the molecule is C[C@@H]1CC[C@H]2[C@@H](CBr)CO[C@@H]3O[C@@]4(C)CC[C@@H]1[C@]32OO4. The molecule has 7 atom stereocenters. The number of fused-ring (bicyclic) bond motifs is 2. The zero-order chi connectivity index (χ0) is 14.0. The van der Waals surface area contributed by atoms with Crippen LogP contribution in [0.25, 0.3) is 0 Å². The fraction of sp³-hybridized carbons (Fsp3) is 1.00. The van der Waals surface area contributed by atoms with Gasteiger partial charge in [0.2, 0.25) is 5.79 Å². The number of ether oxygens (including phenoxy) is 2. The predicted octanol–water partition coefficient (Wildman–Crippen LogP) is 3.24. The Hall–Kier alpha value is 0.320. The van der Waals surface area contributed by atoms with E-state index in [4.69, 9.17) is 19.2 Å². The smallest absolute Gasteiger partial charge is 0.201 e. The van der Waals surface area contributed by atoms with Crippen molar-refractivity contribution in [3.05, 3.63) is 0 Å². The van der Waals surface area contributed by atoms with Crippen molar-refractivity contribution < 1.29 is 19.2 Å². The minimum atomic E-state index is -0.640. The summed E-state index contributed by atoms with van der Waals surface area (Å²) in [6.45, 7) is 5.06. The maximum absolute atomic E-state index is 6.19. The Balaban J connectivity index is 1.79. The molecular weight excluding hydrogens is 324 g/mol. The van der Waals surface area contributed by atoms with Gasteiger partial charge in [-0.1, -0.05) is 22.9 Å². The fourth-order valence-corrected chi connectivity index (χ4v) is 5.51. The van der Waals surface area contributed by atoms with E-state index >= 15 is 0 Å². The van der Waals surface area contributed by atoms with Crippen LogP contribution in [-0.2, 0) is 19.2 Å². The monoisotopic (exact) mass is 346 g/mol. The van der Waals surface area contributed by atoms with Crippen molar-refractivity contribution in [1.29, 1.82) is 0 Å². The Bertz CT molecular complexity index is 401. The third-order valence-electron chi connectivity index (χ3n) is 6.00. The molecule has 20 heavy (non-hydrogen) atoms. The first-order chi connectivity index (χ1) is 9.59. The molecule has 0 aromatic carbocycles. The van der Waals surface area contributed by atoms with Gasteiger partial charge in [-0.2, -0.15) is 0 Å². The van der Waals surface area contributed by atoms with Gasteiger partial charge in [-0.15, -0.1) is 0 Å². The van der Waals surface area contributed by atoms with Gasteiger partial charge >= 0.3 is 0 Å². The summed E-state index contributed by atoms with van der Waals surface area (Å²) < 4.78 is 12.3. The van der Waals surface area contributed by atoms with E-state index in [2.05, 4.69) is 22.9 Å². The minimum Gasteiger partial charge on any atom is -0.349 e. The van der Waals surface area contributed by atoms with Crippen LogP contribution in [0.2, 0.25) is 0 Å². The molecule has 0 N–H and O–H groups in total. The third-order valence-corrected chi connectivity index (χ3v) is 6.84. The van der Waals surface area contributed by atoms with Crippen LogP contribution in [-0.4, -0.2) is 29.6 Å². The molecule has 4 heterocycles. The van der Waals surface area contributed by atoms with Crippen LogP contribution in [0.3, 0.4) is 0 Å². The summed E-state index contributed by atoms with van der Waals surface area (Å²) in [4.78, 5) is 11.8. The van der Waals surface area contributed by atoms with Crippen molar-refractivity contribution >= 4 is 15.9 Å². The Morgan fingerprint density at radius 2 is 2.00 bits per heavy atom. The molecule has 1 spiro atoms. The maximum Gasteiger partial charge on any atom is 0.201 e. The van der Waals surface area contributed by atoms with E-state index in [0.29, 0.717) is 23.7 Å². The highest BCUT2D eigenvalue weighted by Crippen LogP contribution is 2.59. The average Bonchev–Trinajstić information content (AvgIpc) is 2.67. The van der Waals surface area contributed by atoms with Gasteiger partial charge in [0.05, 0.1) is 6.61 Å². The second-order valence-electron chi connectivity index (χ2n) is 7.16. The first-order valence-electron chi connectivity index (χ1n) is 7.81. The summed E-state index contributed by atoms with van der Waals surface area (Å²) in [5.74, 6) is 1.41. The molecule has 4 aliphatic heterocycles. The lowest BCUT2D eigenvalue weighted by Gasteiger charge is -2.59. The highest BCUT2D eigenvalue weighted by molar-refractivity contribution is 9.09. The molecule has 5 rings (SSSR count). The quantitative estimate of drug-likeness (QED) is 0.539. The van der Waals surface area contributed by atoms with Crippen molar-refractivity contribution in [2.45, 2.75) is 57.2 Å². The van der Waals surface area contributed by atoms with Crippen molar-refractivity contribution in [3.63, 3.8) is 0 Å². The molecule has 5 heteroatoms. The Labute approximate surface area is 128 Å². The number of alkyl halides is 1. The Morgan fingerprint density at radius 3 is 2.80 bits per heavy atom. The predicted molar refractivity (Wildman–Crippen MR) is 76.0 cm³/mol. The average molecular weight is 347 g/mol. The first kappa shape index (κ1) is 13.9. The van der Waals surface area contributed by atoms with E-state index in [0.717, 1.165) is 24.8 Å². The molecule has 4 nitrogen and oxygen atoms in total. The molecule has 0 unspecified atom stereocenters. The van der Waals surface area contributed by atoms with Crippen LogP contribution in [0.15, 0.2) is 0 Å².